The topological polar surface area (TPSA) is 35.2 Å². The summed E-state index contributed by atoms with van der Waals surface area (Å²) in [6, 6.07) is 4.77. The molecule has 0 aromatic heterocycles. The summed E-state index contributed by atoms with van der Waals surface area (Å²) in [6.07, 6.45) is 2.41. The lowest BCUT2D eigenvalue weighted by Gasteiger charge is -2.07. The van der Waals surface area contributed by atoms with Gasteiger partial charge in [0.25, 0.3) is 0 Å². The highest BCUT2D eigenvalue weighted by atomic mass is 35.5. The molecule has 4 heteroatoms. The third-order valence-electron chi connectivity index (χ3n) is 2.40. The molecule has 0 heterocycles. The first-order chi connectivity index (χ1) is 6.79. The fourth-order valence-corrected chi connectivity index (χ4v) is 1.28. The maximum atomic E-state index is 13.2. The highest BCUT2D eigenvalue weighted by Gasteiger charge is 2.22. The molecule has 84 valence electrons. The van der Waals surface area contributed by atoms with E-state index in [0.29, 0.717) is 24.8 Å². The predicted octanol–water partition coefficient (Wildman–Crippen LogP) is 2.50. The van der Waals surface area contributed by atoms with E-state index in [1.165, 1.54) is 18.9 Å². The average molecular weight is 232 g/mol. The van der Waals surface area contributed by atoms with E-state index in [4.69, 9.17) is 10.5 Å². The summed E-state index contributed by atoms with van der Waals surface area (Å²) in [7, 11) is 0. The molecule has 1 aliphatic carbocycles. The van der Waals surface area contributed by atoms with Gasteiger partial charge in [0.2, 0.25) is 0 Å². The van der Waals surface area contributed by atoms with E-state index in [1.807, 2.05) is 0 Å². The van der Waals surface area contributed by atoms with Crippen LogP contribution in [0.2, 0.25) is 0 Å². The molecule has 0 radical (unpaired) electrons. The second-order valence-electron chi connectivity index (χ2n) is 3.72. The molecule has 1 fully saturated rings. The highest BCUT2D eigenvalue weighted by Crippen LogP contribution is 2.30. The quantitative estimate of drug-likeness (QED) is 0.864. The fourth-order valence-electron chi connectivity index (χ4n) is 1.28. The third kappa shape index (κ3) is 3.36. The number of rotatable bonds is 4. The van der Waals surface area contributed by atoms with Crippen LogP contribution in [-0.2, 0) is 6.54 Å². The Kier molecular flexibility index (Phi) is 4.36. The normalized spacial score (nSPS) is 14.5. The van der Waals surface area contributed by atoms with Crippen molar-refractivity contribution >= 4 is 12.4 Å². The summed E-state index contributed by atoms with van der Waals surface area (Å²) in [4.78, 5) is 0. The Morgan fingerprint density at radius 1 is 1.40 bits per heavy atom. The number of hydrogen-bond donors (Lipinski definition) is 1. The number of hydrogen-bond acceptors (Lipinski definition) is 2. The first-order valence-electron chi connectivity index (χ1n) is 4.91. The molecule has 0 amide bonds. The molecule has 2 nitrogen and oxygen atoms in total. The molecule has 0 unspecified atom stereocenters. The molecular formula is C11H15ClFNO. The van der Waals surface area contributed by atoms with Crippen molar-refractivity contribution < 1.29 is 9.13 Å². The smallest absolute Gasteiger partial charge is 0.165 e. The molecule has 0 aliphatic heterocycles. The van der Waals surface area contributed by atoms with Crippen LogP contribution in [0.3, 0.4) is 0 Å². The average Bonchev–Trinajstić information content (AvgIpc) is 3.00. The van der Waals surface area contributed by atoms with Gasteiger partial charge in [0, 0.05) is 6.54 Å². The van der Waals surface area contributed by atoms with Crippen LogP contribution in [0.5, 0.6) is 5.75 Å². The summed E-state index contributed by atoms with van der Waals surface area (Å²) >= 11 is 0. The summed E-state index contributed by atoms with van der Waals surface area (Å²) in [5.74, 6) is 0.665. The van der Waals surface area contributed by atoms with Gasteiger partial charge in [-0.25, -0.2) is 4.39 Å². The van der Waals surface area contributed by atoms with Gasteiger partial charge in [-0.1, -0.05) is 6.07 Å². The minimum absolute atomic E-state index is 0. The molecule has 1 aromatic rings. The van der Waals surface area contributed by atoms with Crippen LogP contribution < -0.4 is 10.5 Å². The van der Waals surface area contributed by atoms with Gasteiger partial charge in [0.1, 0.15) is 0 Å². The van der Waals surface area contributed by atoms with Crippen LogP contribution in [0.25, 0.3) is 0 Å². The zero-order valence-electron chi connectivity index (χ0n) is 8.41. The van der Waals surface area contributed by atoms with E-state index >= 15 is 0 Å². The zero-order chi connectivity index (χ0) is 9.97. The van der Waals surface area contributed by atoms with E-state index < -0.39 is 0 Å². The Hall–Kier alpha value is -0.800. The van der Waals surface area contributed by atoms with E-state index in [1.54, 1.807) is 12.1 Å². The molecule has 0 bridgehead atoms. The molecule has 2 N–H and O–H groups in total. The molecule has 1 aromatic carbocycles. The van der Waals surface area contributed by atoms with Gasteiger partial charge in [-0.2, -0.15) is 0 Å². The van der Waals surface area contributed by atoms with Crippen LogP contribution in [0.1, 0.15) is 18.4 Å². The summed E-state index contributed by atoms with van der Waals surface area (Å²) in [6.45, 7) is 1.05. The van der Waals surface area contributed by atoms with Crippen LogP contribution in [0.4, 0.5) is 4.39 Å². The van der Waals surface area contributed by atoms with Gasteiger partial charge >= 0.3 is 0 Å². The van der Waals surface area contributed by atoms with Crippen LogP contribution >= 0.6 is 12.4 Å². The van der Waals surface area contributed by atoms with E-state index in [9.17, 15) is 4.39 Å². The maximum absolute atomic E-state index is 13.2. The number of benzene rings is 1. The lowest BCUT2D eigenvalue weighted by atomic mass is 10.2. The predicted molar refractivity (Wildman–Crippen MR) is 59.8 cm³/mol. The van der Waals surface area contributed by atoms with Gasteiger partial charge in [0.05, 0.1) is 6.61 Å². The number of nitrogens with two attached hydrogens (primary N) is 1. The van der Waals surface area contributed by atoms with Gasteiger partial charge < -0.3 is 10.5 Å². The van der Waals surface area contributed by atoms with Crippen LogP contribution in [-0.4, -0.2) is 6.61 Å². The molecule has 1 aliphatic rings. The Morgan fingerprint density at radius 3 is 2.73 bits per heavy atom. The molecule has 0 spiro atoms. The Labute approximate surface area is 95.0 Å². The standard InChI is InChI=1S/C11H14FNO.ClH/c12-10-4-3-9(6-13)5-11(10)14-7-8-1-2-8;/h3-5,8H,1-2,6-7,13H2;1H. The lowest BCUT2D eigenvalue weighted by Crippen LogP contribution is -2.03. The van der Waals surface area contributed by atoms with Crippen molar-refractivity contribution in [3.63, 3.8) is 0 Å². The first-order valence-corrected chi connectivity index (χ1v) is 4.91. The van der Waals surface area contributed by atoms with Gasteiger partial charge in [0.15, 0.2) is 11.6 Å². The van der Waals surface area contributed by atoms with E-state index in [2.05, 4.69) is 0 Å². The van der Waals surface area contributed by atoms with Gasteiger partial charge in [-0.15, -0.1) is 12.4 Å². The van der Waals surface area contributed by atoms with Crippen molar-refractivity contribution in [2.75, 3.05) is 6.61 Å². The fraction of sp³-hybridized carbons (Fsp3) is 0.455. The largest absolute Gasteiger partial charge is 0.490 e. The van der Waals surface area contributed by atoms with Crippen LogP contribution in [0.15, 0.2) is 18.2 Å². The van der Waals surface area contributed by atoms with Crippen molar-refractivity contribution in [1.82, 2.24) is 0 Å². The molecule has 0 saturated heterocycles. The van der Waals surface area contributed by atoms with Crippen molar-refractivity contribution in [3.05, 3.63) is 29.6 Å². The molecule has 2 rings (SSSR count). The SMILES string of the molecule is Cl.NCc1ccc(F)c(OCC2CC2)c1. The third-order valence-corrected chi connectivity index (χ3v) is 2.40. The zero-order valence-corrected chi connectivity index (χ0v) is 9.23. The Morgan fingerprint density at radius 2 is 2.13 bits per heavy atom. The Balaban J connectivity index is 0.00000112. The summed E-state index contributed by atoms with van der Waals surface area (Å²) in [5, 5.41) is 0. The molecule has 1 saturated carbocycles. The molecular weight excluding hydrogens is 217 g/mol. The van der Waals surface area contributed by atoms with Gasteiger partial charge in [-0.3, -0.25) is 0 Å². The van der Waals surface area contributed by atoms with Gasteiger partial charge in [-0.05, 0) is 36.5 Å². The minimum Gasteiger partial charge on any atom is -0.490 e. The number of halogens is 2. The van der Waals surface area contributed by atoms with E-state index in [0.717, 1.165) is 5.56 Å². The highest BCUT2D eigenvalue weighted by molar-refractivity contribution is 5.85. The lowest BCUT2D eigenvalue weighted by molar-refractivity contribution is 0.285. The summed E-state index contributed by atoms with van der Waals surface area (Å²) < 4.78 is 18.6. The minimum atomic E-state index is -0.303. The van der Waals surface area contributed by atoms with Crippen molar-refractivity contribution in [2.45, 2.75) is 19.4 Å². The van der Waals surface area contributed by atoms with Crippen molar-refractivity contribution in [3.8, 4) is 5.75 Å². The second kappa shape index (κ2) is 5.33. The summed E-state index contributed by atoms with van der Waals surface area (Å²) in [5.41, 5.74) is 6.36. The maximum Gasteiger partial charge on any atom is 0.165 e. The van der Waals surface area contributed by atoms with Crippen molar-refractivity contribution in [2.24, 2.45) is 11.7 Å². The van der Waals surface area contributed by atoms with E-state index in [-0.39, 0.29) is 18.2 Å². The second-order valence-corrected chi connectivity index (χ2v) is 3.72. The molecule has 0 atom stereocenters. The Bertz CT molecular complexity index is 328. The van der Waals surface area contributed by atoms with Crippen LogP contribution in [0, 0.1) is 11.7 Å². The molecule has 15 heavy (non-hydrogen) atoms. The number of ether oxygens (including phenoxy) is 1. The van der Waals surface area contributed by atoms with Crippen molar-refractivity contribution in [1.29, 1.82) is 0 Å². The monoisotopic (exact) mass is 231 g/mol. The first kappa shape index (κ1) is 12.3.